The Bertz CT molecular complexity index is 105. The highest BCUT2D eigenvalue weighted by molar-refractivity contribution is 4.94. The third kappa shape index (κ3) is 1.23. The lowest BCUT2D eigenvalue weighted by atomic mass is 10.1. The Labute approximate surface area is 49.1 Å². The molecule has 0 aromatic heterocycles. The third-order valence-electron chi connectivity index (χ3n) is 1.06. The molecular formula is C6H10O2. The second-order valence-electron chi connectivity index (χ2n) is 2.34. The van der Waals surface area contributed by atoms with Crippen LogP contribution in [-0.4, -0.2) is 12.4 Å². The van der Waals surface area contributed by atoms with E-state index in [-0.39, 0.29) is 5.60 Å². The van der Waals surface area contributed by atoms with Crippen LogP contribution in [0.15, 0.2) is 12.3 Å². The summed E-state index contributed by atoms with van der Waals surface area (Å²) in [7, 11) is 0. The van der Waals surface area contributed by atoms with Crippen LogP contribution in [0.4, 0.5) is 0 Å². The van der Waals surface area contributed by atoms with Crippen molar-refractivity contribution in [3.05, 3.63) is 12.3 Å². The van der Waals surface area contributed by atoms with Gasteiger partial charge in [-0.25, -0.2) is 0 Å². The molecule has 0 saturated heterocycles. The lowest BCUT2D eigenvalue weighted by Crippen LogP contribution is -2.25. The molecular weight excluding hydrogens is 104 g/mol. The second-order valence-corrected chi connectivity index (χ2v) is 2.34. The van der Waals surface area contributed by atoms with Crippen molar-refractivity contribution in [2.24, 2.45) is 0 Å². The van der Waals surface area contributed by atoms with E-state index in [1.807, 2.05) is 19.9 Å². The van der Waals surface area contributed by atoms with Gasteiger partial charge in [-0.15, -0.1) is 0 Å². The van der Waals surface area contributed by atoms with Crippen LogP contribution >= 0.6 is 0 Å². The predicted octanol–water partition coefficient (Wildman–Crippen LogP) is 1.28. The lowest BCUT2D eigenvalue weighted by Gasteiger charge is -2.23. The van der Waals surface area contributed by atoms with E-state index in [1.165, 1.54) is 0 Å². The van der Waals surface area contributed by atoms with Gasteiger partial charge in [0.15, 0.2) is 6.79 Å². The van der Waals surface area contributed by atoms with Gasteiger partial charge in [-0.05, 0) is 19.9 Å². The minimum Gasteiger partial charge on any atom is -0.475 e. The Morgan fingerprint density at radius 1 is 1.50 bits per heavy atom. The number of rotatable bonds is 0. The summed E-state index contributed by atoms with van der Waals surface area (Å²) in [5, 5.41) is 0. The van der Waals surface area contributed by atoms with Crippen LogP contribution in [0.1, 0.15) is 13.8 Å². The van der Waals surface area contributed by atoms with Gasteiger partial charge in [0.05, 0.1) is 11.9 Å². The van der Waals surface area contributed by atoms with Crippen LogP contribution in [0.2, 0.25) is 0 Å². The van der Waals surface area contributed by atoms with E-state index in [1.54, 1.807) is 6.26 Å². The lowest BCUT2D eigenvalue weighted by molar-refractivity contribution is -0.0976. The van der Waals surface area contributed by atoms with E-state index in [0.29, 0.717) is 6.79 Å². The molecule has 0 bridgehead atoms. The van der Waals surface area contributed by atoms with Crippen LogP contribution in [0.3, 0.4) is 0 Å². The molecule has 46 valence electrons. The Balaban J connectivity index is 2.56. The zero-order valence-corrected chi connectivity index (χ0v) is 5.18. The maximum Gasteiger partial charge on any atom is 0.189 e. The summed E-state index contributed by atoms with van der Waals surface area (Å²) in [5.41, 5.74) is -0.127. The van der Waals surface area contributed by atoms with Crippen molar-refractivity contribution in [2.45, 2.75) is 19.4 Å². The van der Waals surface area contributed by atoms with Gasteiger partial charge in [-0.2, -0.15) is 0 Å². The molecule has 1 aliphatic heterocycles. The molecule has 0 unspecified atom stereocenters. The summed E-state index contributed by atoms with van der Waals surface area (Å²) in [6, 6.07) is 0. The van der Waals surface area contributed by atoms with Crippen molar-refractivity contribution in [2.75, 3.05) is 6.79 Å². The van der Waals surface area contributed by atoms with Crippen molar-refractivity contribution < 1.29 is 9.47 Å². The summed E-state index contributed by atoms with van der Waals surface area (Å²) < 4.78 is 9.96. The van der Waals surface area contributed by atoms with Crippen molar-refractivity contribution >= 4 is 0 Å². The molecule has 0 spiro atoms. The summed E-state index contributed by atoms with van der Waals surface area (Å²) >= 11 is 0. The van der Waals surface area contributed by atoms with Gasteiger partial charge in [-0.3, -0.25) is 0 Å². The summed E-state index contributed by atoms with van der Waals surface area (Å²) in [6.45, 7) is 4.36. The van der Waals surface area contributed by atoms with E-state index < -0.39 is 0 Å². The Morgan fingerprint density at radius 2 is 2.25 bits per heavy atom. The number of hydrogen-bond acceptors (Lipinski definition) is 2. The highest BCUT2D eigenvalue weighted by Gasteiger charge is 2.16. The second kappa shape index (κ2) is 1.78. The van der Waals surface area contributed by atoms with Gasteiger partial charge in [0, 0.05) is 0 Å². The smallest absolute Gasteiger partial charge is 0.189 e. The largest absolute Gasteiger partial charge is 0.475 e. The van der Waals surface area contributed by atoms with Crippen LogP contribution in [-0.2, 0) is 9.47 Å². The molecule has 0 fully saturated rings. The fraction of sp³-hybridized carbons (Fsp3) is 0.667. The van der Waals surface area contributed by atoms with Gasteiger partial charge in [-0.1, -0.05) is 0 Å². The molecule has 0 aromatic carbocycles. The van der Waals surface area contributed by atoms with E-state index in [2.05, 4.69) is 0 Å². The quantitative estimate of drug-likeness (QED) is 0.472. The molecule has 8 heavy (non-hydrogen) atoms. The first kappa shape index (κ1) is 5.63. The molecule has 1 aliphatic rings. The highest BCUT2D eigenvalue weighted by atomic mass is 16.7. The first-order valence-corrected chi connectivity index (χ1v) is 2.64. The average Bonchev–Trinajstić information content (AvgIpc) is 1.65. The SMILES string of the molecule is CC1(C)C=COCO1. The zero-order chi connectivity index (χ0) is 6.04. The van der Waals surface area contributed by atoms with Gasteiger partial charge in [0.2, 0.25) is 0 Å². The highest BCUT2D eigenvalue weighted by Crippen LogP contribution is 2.14. The van der Waals surface area contributed by atoms with Crippen molar-refractivity contribution in [1.29, 1.82) is 0 Å². The van der Waals surface area contributed by atoms with E-state index in [0.717, 1.165) is 0 Å². The number of ether oxygens (including phenoxy) is 2. The summed E-state index contributed by atoms with van der Waals surface area (Å²) in [5.74, 6) is 0. The topological polar surface area (TPSA) is 18.5 Å². The average molecular weight is 114 g/mol. The van der Waals surface area contributed by atoms with Crippen molar-refractivity contribution in [3.8, 4) is 0 Å². The minimum atomic E-state index is -0.127. The molecule has 1 heterocycles. The Hall–Kier alpha value is -0.500. The molecule has 1 rings (SSSR count). The molecule has 0 amide bonds. The van der Waals surface area contributed by atoms with Crippen LogP contribution in [0.25, 0.3) is 0 Å². The van der Waals surface area contributed by atoms with Gasteiger partial charge < -0.3 is 9.47 Å². The van der Waals surface area contributed by atoms with E-state index >= 15 is 0 Å². The normalized spacial score (nSPS) is 24.8. The zero-order valence-electron chi connectivity index (χ0n) is 5.18. The van der Waals surface area contributed by atoms with Gasteiger partial charge in [0.25, 0.3) is 0 Å². The third-order valence-corrected chi connectivity index (χ3v) is 1.06. The minimum absolute atomic E-state index is 0.127. The maximum absolute atomic E-state index is 5.16. The monoisotopic (exact) mass is 114 g/mol. The maximum atomic E-state index is 5.16. The molecule has 0 atom stereocenters. The molecule has 0 aliphatic carbocycles. The van der Waals surface area contributed by atoms with Gasteiger partial charge in [0.1, 0.15) is 0 Å². The fourth-order valence-corrected chi connectivity index (χ4v) is 0.485. The fourth-order valence-electron chi connectivity index (χ4n) is 0.485. The first-order chi connectivity index (χ1) is 3.71. The first-order valence-electron chi connectivity index (χ1n) is 2.64. The van der Waals surface area contributed by atoms with Crippen LogP contribution < -0.4 is 0 Å². The molecule has 2 heteroatoms. The number of hydrogen-bond donors (Lipinski definition) is 0. The molecule has 0 saturated carbocycles. The Morgan fingerprint density at radius 3 is 2.50 bits per heavy atom. The molecule has 2 nitrogen and oxygen atoms in total. The van der Waals surface area contributed by atoms with E-state index in [9.17, 15) is 0 Å². The predicted molar refractivity (Wildman–Crippen MR) is 30.3 cm³/mol. The molecule has 0 N–H and O–H groups in total. The molecule has 0 aromatic rings. The van der Waals surface area contributed by atoms with E-state index in [4.69, 9.17) is 9.47 Å². The summed E-state index contributed by atoms with van der Waals surface area (Å²) in [6.07, 6.45) is 3.56. The van der Waals surface area contributed by atoms with Crippen molar-refractivity contribution in [3.63, 3.8) is 0 Å². The van der Waals surface area contributed by atoms with Crippen LogP contribution in [0.5, 0.6) is 0 Å². The Kier molecular flexibility index (Phi) is 1.26. The molecule has 0 radical (unpaired) electrons. The van der Waals surface area contributed by atoms with Crippen molar-refractivity contribution in [1.82, 2.24) is 0 Å². The van der Waals surface area contributed by atoms with Crippen LogP contribution in [0, 0.1) is 0 Å². The van der Waals surface area contributed by atoms with Gasteiger partial charge >= 0.3 is 0 Å². The standard InChI is InChI=1S/C6H10O2/c1-6(2)3-4-7-5-8-6/h3-4H,5H2,1-2H3. The summed E-state index contributed by atoms with van der Waals surface area (Å²) in [4.78, 5) is 0.